The van der Waals surface area contributed by atoms with E-state index in [0.717, 1.165) is 16.7 Å². The van der Waals surface area contributed by atoms with E-state index in [1.165, 1.54) is 18.7 Å². The van der Waals surface area contributed by atoms with Gasteiger partial charge in [-0.1, -0.05) is 23.6 Å². The molecule has 0 bridgehead atoms. The van der Waals surface area contributed by atoms with E-state index in [-0.39, 0.29) is 5.12 Å². The first kappa shape index (κ1) is 12.7. The van der Waals surface area contributed by atoms with Gasteiger partial charge in [0.2, 0.25) is 0 Å². The highest BCUT2D eigenvalue weighted by atomic mass is 32.2. The summed E-state index contributed by atoms with van der Waals surface area (Å²) in [6, 6.07) is 3.68. The maximum Gasteiger partial charge on any atom is 0.186 e. The van der Waals surface area contributed by atoms with Crippen LogP contribution in [0, 0.1) is 25.7 Å². The Morgan fingerprint density at radius 3 is 2.44 bits per heavy atom. The van der Waals surface area contributed by atoms with E-state index in [2.05, 4.69) is 11.8 Å². The van der Waals surface area contributed by atoms with Crippen molar-refractivity contribution in [2.45, 2.75) is 20.8 Å². The number of phenolic OH excluding ortho intramolecular Hbond substituents is 1. The van der Waals surface area contributed by atoms with Crippen LogP contribution in [-0.4, -0.2) is 16.0 Å². The van der Waals surface area contributed by atoms with Crippen molar-refractivity contribution in [2.75, 3.05) is 5.75 Å². The predicted molar refractivity (Wildman–Crippen MR) is 67.6 cm³/mol. The molecule has 0 spiro atoms. The Morgan fingerprint density at radius 1 is 1.38 bits per heavy atom. The van der Waals surface area contributed by atoms with Gasteiger partial charge in [0.15, 0.2) is 5.12 Å². The number of hydrogen-bond donors (Lipinski definition) is 1. The molecule has 16 heavy (non-hydrogen) atoms. The minimum atomic E-state index is 0.0763. The molecule has 0 amide bonds. The molecule has 1 aromatic carbocycles. The van der Waals surface area contributed by atoms with Crippen LogP contribution in [-0.2, 0) is 4.79 Å². The lowest BCUT2D eigenvalue weighted by Crippen LogP contribution is -1.85. The van der Waals surface area contributed by atoms with Gasteiger partial charge in [0.1, 0.15) is 5.75 Å². The summed E-state index contributed by atoms with van der Waals surface area (Å²) in [4.78, 5) is 10.7. The average Bonchev–Trinajstić information content (AvgIpc) is 2.20. The quantitative estimate of drug-likeness (QED) is 0.759. The first-order chi connectivity index (χ1) is 7.50. The Balaban J connectivity index is 2.78. The molecule has 0 saturated carbocycles. The molecule has 0 unspecified atom stereocenters. The summed E-state index contributed by atoms with van der Waals surface area (Å²) in [5.74, 6) is 6.72. The Hall–Kier alpha value is -1.40. The second-order valence-electron chi connectivity index (χ2n) is 3.54. The highest BCUT2D eigenvalue weighted by Gasteiger charge is 2.01. The second kappa shape index (κ2) is 5.62. The predicted octanol–water partition coefficient (Wildman–Crippen LogP) is 2.64. The number of carbonyl (C=O) groups excluding carboxylic acids is 1. The van der Waals surface area contributed by atoms with Crippen LogP contribution in [0.2, 0.25) is 0 Å². The molecule has 0 radical (unpaired) electrons. The SMILES string of the molecule is CC(=O)SCC#Cc1cc(C)c(O)c(C)c1. The first-order valence-electron chi connectivity index (χ1n) is 4.93. The van der Waals surface area contributed by atoms with Gasteiger partial charge >= 0.3 is 0 Å². The molecule has 0 aliphatic carbocycles. The molecule has 2 nitrogen and oxygen atoms in total. The van der Waals surface area contributed by atoms with Crippen molar-refractivity contribution < 1.29 is 9.90 Å². The summed E-state index contributed by atoms with van der Waals surface area (Å²) in [6.07, 6.45) is 0. The number of aromatic hydroxyl groups is 1. The topological polar surface area (TPSA) is 37.3 Å². The zero-order valence-corrected chi connectivity index (χ0v) is 10.4. The van der Waals surface area contributed by atoms with Crippen LogP contribution >= 0.6 is 11.8 Å². The van der Waals surface area contributed by atoms with Gasteiger partial charge in [-0.25, -0.2) is 0 Å². The van der Waals surface area contributed by atoms with Crippen molar-refractivity contribution in [2.24, 2.45) is 0 Å². The second-order valence-corrected chi connectivity index (χ2v) is 4.69. The van der Waals surface area contributed by atoms with E-state index in [0.29, 0.717) is 11.5 Å². The molecular formula is C13H14O2S. The van der Waals surface area contributed by atoms with Crippen LogP contribution in [0.1, 0.15) is 23.6 Å². The number of phenols is 1. The lowest BCUT2D eigenvalue weighted by Gasteiger charge is -2.03. The van der Waals surface area contributed by atoms with Crippen molar-refractivity contribution in [1.82, 2.24) is 0 Å². The van der Waals surface area contributed by atoms with Gasteiger partial charge < -0.3 is 5.11 Å². The van der Waals surface area contributed by atoms with Gasteiger partial charge in [-0.15, -0.1) is 0 Å². The molecule has 84 valence electrons. The summed E-state index contributed by atoms with van der Waals surface area (Å²) < 4.78 is 0. The van der Waals surface area contributed by atoms with Gasteiger partial charge in [-0.2, -0.15) is 0 Å². The number of thioether (sulfide) groups is 1. The van der Waals surface area contributed by atoms with Gasteiger partial charge in [0, 0.05) is 12.5 Å². The minimum Gasteiger partial charge on any atom is -0.507 e. The van der Waals surface area contributed by atoms with Crippen LogP contribution in [0.4, 0.5) is 0 Å². The molecule has 0 atom stereocenters. The molecule has 0 fully saturated rings. The van der Waals surface area contributed by atoms with Crippen LogP contribution in [0.3, 0.4) is 0 Å². The first-order valence-corrected chi connectivity index (χ1v) is 5.91. The largest absolute Gasteiger partial charge is 0.507 e. The normalized spacial score (nSPS) is 9.44. The maximum absolute atomic E-state index is 10.7. The molecular weight excluding hydrogens is 220 g/mol. The highest BCUT2D eigenvalue weighted by molar-refractivity contribution is 8.13. The Labute approximate surface area is 100 Å². The lowest BCUT2D eigenvalue weighted by atomic mass is 10.1. The van der Waals surface area contributed by atoms with E-state index in [1.807, 2.05) is 26.0 Å². The monoisotopic (exact) mass is 234 g/mol. The van der Waals surface area contributed by atoms with Gasteiger partial charge in [-0.05, 0) is 37.1 Å². The number of aryl methyl sites for hydroxylation is 2. The van der Waals surface area contributed by atoms with Crippen molar-refractivity contribution in [3.05, 3.63) is 28.8 Å². The zero-order chi connectivity index (χ0) is 12.1. The van der Waals surface area contributed by atoms with E-state index >= 15 is 0 Å². The summed E-state index contributed by atoms with van der Waals surface area (Å²) in [6.45, 7) is 5.22. The third-order valence-corrected chi connectivity index (χ3v) is 2.77. The van der Waals surface area contributed by atoms with E-state index < -0.39 is 0 Å². The molecule has 1 aromatic rings. The van der Waals surface area contributed by atoms with E-state index in [4.69, 9.17) is 0 Å². The molecule has 1 rings (SSSR count). The maximum atomic E-state index is 10.7. The van der Waals surface area contributed by atoms with Crippen molar-refractivity contribution in [3.8, 4) is 17.6 Å². The third kappa shape index (κ3) is 3.63. The molecule has 3 heteroatoms. The molecule has 0 aliphatic heterocycles. The highest BCUT2D eigenvalue weighted by Crippen LogP contribution is 2.22. The zero-order valence-electron chi connectivity index (χ0n) is 9.63. The average molecular weight is 234 g/mol. The minimum absolute atomic E-state index is 0.0763. The van der Waals surface area contributed by atoms with Crippen LogP contribution in [0.15, 0.2) is 12.1 Å². The fourth-order valence-corrected chi connectivity index (χ4v) is 1.65. The lowest BCUT2D eigenvalue weighted by molar-refractivity contribution is -0.109. The number of carbonyl (C=O) groups is 1. The summed E-state index contributed by atoms with van der Waals surface area (Å²) in [5.41, 5.74) is 2.52. The number of benzene rings is 1. The Kier molecular flexibility index (Phi) is 4.45. The van der Waals surface area contributed by atoms with Gasteiger partial charge in [0.25, 0.3) is 0 Å². The molecule has 0 aliphatic rings. The third-order valence-electron chi connectivity index (χ3n) is 2.07. The summed E-state index contributed by atoms with van der Waals surface area (Å²) >= 11 is 1.20. The fourth-order valence-electron chi connectivity index (χ4n) is 1.30. The molecule has 0 aromatic heterocycles. The fraction of sp³-hybridized carbons (Fsp3) is 0.308. The van der Waals surface area contributed by atoms with Crippen molar-refractivity contribution >= 4 is 16.9 Å². The summed E-state index contributed by atoms with van der Waals surface area (Å²) in [7, 11) is 0. The van der Waals surface area contributed by atoms with Gasteiger partial charge in [-0.3, -0.25) is 4.79 Å². The van der Waals surface area contributed by atoms with Crippen LogP contribution in [0.25, 0.3) is 0 Å². The van der Waals surface area contributed by atoms with Crippen molar-refractivity contribution in [1.29, 1.82) is 0 Å². The molecule has 0 saturated heterocycles. The van der Waals surface area contributed by atoms with Crippen LogP contribution in [0.5, 0.6) is 5.75 Å². The van der Waals surface area contributed by atoms with Crippen molar-refractivity contribution in [3.63, 3.8) is 0 Å². The van der Waals surface area contributed by atoms with Crippen LogP contribution < -0.4 is 0 Å². The van der Waals surface area contributed by atoms with Gasteiger partial charge in [0.05, 0.1) is 5.75 Å². The number of rotatable bonds is 1. The standard InChI is InChI=1S/C13H14O2S/c1-9-7-12(8-10(2)13(9)15)5-4-6-16-11(3)14/h7-8,15H,6H2,1-3H3. The number of hydrogen-bond acceptors (Lipinski definition) is 3. The van der Waals surface area contributed by atoms with E-state index in [1.54, 1.807) is 0 Å². The summed E-state index contributed by atoms with van der Waals surface area (Å²) in [5, 5.41) is 9.65. The smallest absolute Gasteiger partial charge is 0.186 e. The Morgan fingerprint density at radius 2 is 1.94 bits per heavy atom. The molecule has 0 heterocycles. The van der Waals surface area contributed by atoms with E-state index in [9.17, 15) is 9.90 Å². The Bertz CT molecular complexity index is 444. The molecule has 1 N–H and O–H groups in total.